The van der Waals surface area contributed by atoms with Crippen molar-refractivity contribution >= 4 is 40.8 Å². The number of nitrogens with one attached hydrogen (secondary N) is 2. The van der Waals surface area contributed by atoms with Crippen molar-refractivity contribution in [1.29, 1.82) is 0 Å². The van der Waals surface area contributed by atoms with E-state index in [1.165, 1.54) is 17.7 Å². The number of aromatic carboxylic acids is 1. The fraction of sp³-hybridized carbons (Fsp3) is 0.400. The molecule has 0 bridgehead atoms. The minimum absolute atomic E-state index is 0.0647. The van der Waals surface area contributed by atoms with Crippen molar-refractivity contribution in [3.8, 4) is 0 Å². The SMILES string of the molecule is CC(C)(C)C[C@@H]1NC(C(=O)Nc2ccc(C(=O)O)cc2)[C@H](c2cccc(Cl)c2)CC1C1=CC=C(Cl)CC1. The van der Waals surface area contributed by atoms with E-state index < -0.39 is 12.0 Å². The molecule has 4 rings (SSSR count). The van der Waals surface area contributed by atoms with Crippen LogP contribution in [-0.4, -0.2) is 29.1 Å². The van der Waals surface area contributed by atoms with Gasteiger partial charge in [0.25, 0.3) is 0 Å². The van der Waals surface area contributed by atoms with Gasteiger partial charge in [0.05, 0.1) is 11.6 Å². The van der Waals surface area contributed by atoms with Gasteiger partial charge in [-0.2, -0.15) is 0 Å². The van der Waals surface area contributed by atoms with Crippen molar-refractivity contribution in [2.45, 2.75) is 64.5 Å². The second-order valence-electron chi connectivity index (χ2n) is 11.2. The van der Waals surface area contributed by atoms with Gasteiger partial charge in [-0.05, 0) is 85.1 Å². The van der Waals surface area contributed by atoms with Gasteiger partial charge in [0.2, 0.25) is 5.91 Å². The van der Waals surface area contributed by atoms with Crippen LogP contribution in [0.15, 0.2) is 71.3 Å². The standard InChI is InChI=1S/C30H34Cl2N2O3/c1-30(2,3)17-26-24(18-7-11-21(31)12-8-18)16-25(20-5-4-6-22(32)15-20)27(34-26)28(35)33-23-13-9-19(10-14-23)29(36)37/h4-7,9-11,13-15,24-27,34H,8,12,16-17H2,1-3H3,(H,33,35)(H,36,37)/t24?,25-,26-,27?/m0/s1. The molecule has 0 aromatic heterocycles. The van der Waals surface area contributed by atoms with Crippen LogP contribution in [0.5, 0.6) is 0 Å². The van der Waals surface area contributed by atoms with E-state index in [0.29, 0.717) is 10.7 Å². The Kier molecular flexibility index (Phi) is 8.47. The average Bonchev–Trinajstić information content (AvgIpc) is 2.84. The lowest BCUT2D eigenvalue weighted by atomic mass is 9.69. The summed E-state index contributed by atoms with van der Waals surface area (Å²) >= 11 is 12.7. The quantitative estimate of drug-likeness (QED) is 0.357. The first-order chi connectivity index (χ1) is 17.5. The summed E-state index contributed by atoms with van der Waals surface area (Å²) < 4.78 is 0. The molecule has 1 heterocycles. The van der Waals surface area contributed by atoms with Crippen molar-refractivity contribution in [3.63, 3.8) is 0 Å². The number of amides is 1. The number of carbonyl (C=O) groups excluding carboxylic acids is 1. The molecule has 5 nitrogen and oxygen atoms in total. The molecular formula is C30H34Cl2N2O3. The van der Waals surface area contributed by atoms with Gasteiger partial charge < -0.3 is 15.7 Å². The lowest BCUT2D eigenvalue weighted by molar-refractivity contribution is -0.119. The molecule has 1 saturated heterocycles. The smallest absolute Gasteiger partial charge is 0.335 e. The number of hydrogen-bond acceptors (Lipinski definition) is 3. The van der Waals surface area contributed by atoms with Crippen LogP contribution >= 0.6 is 23.2 Å². The minimum atomic E-state index is -1.00. The molecule has 3 N–H and O–H groups in total. The molecule has 2 aliphatic rings. The maximum absolute atomic E-state index is 13.7. The van der Waals surface area contributed by atoms with Crippen LogP contribution in [0, 0.1) is 11.3 Å². The Bertz CT molecular complexity index is 1210. The number of halogens is 2. The van der Waals surface area contributed by atoms with E-state index in [2.05, 4.69) is 37.5 Å². The number of benzene rings is 2. The maximum atomic E-state index is 13.7. The first-order valence-corrected chi connectivity index (χ1v) is 13.5. The molecule has 0 spiro atoms. The molecule has 2 unspecified atom stereocenters. The Morgan fingerprint density at radius 1 is 1.03 bits per heavy atom. The number of rotatable bonds is 6. The van der Waals surface area contributed by atoms with Crippen LogP contribution in [-0.2, 0) is 4.79 Å². The molecule has 1 fully saturated rings. The highest BCUT2D eigenvalue weighted by atomic mass is 35.5. The first kappa shape index (κ1) is 27.4. The van der Waals surface area contributed by atoms with E-state index in [1.807, 2.05) is 30.3 Å². The molecule has 2 aromatic rings. The molecule has 7 heteroatoms. The lowest BCUT2D eigenvalue weighted by Gasteiger charge is -2.45. The van der Waals surface area contributed by atoms with Gasteiger partial charge in [-0.25, -0.2) is 4.79 Å². The molecule has 37 heavy (non-hydrogen) atoms. The van der Waals surface area contributed by atoms with Crippen LogP contribution in [0.2, 0.25) is 5.02 Å². The number of carbonyl (C=O) groups is 2. The zero-order valence-corrected chi connectivity index (χ0v) is 22.9. The van der Waals surface area contributed by atoms with Gasteiger partial charge in [0.1, 0.15) is 0 Å². The monoisotopic (exact) mass is 540 g/mol. The van der Waals surface area contributed by atoms with Gasteiger partial charge in [0.15, 0.2) is 0 Å². The van der Waals surface area contributed by atoms with Crippen molar-refractivity contribution in [3.05, 3.63) is 87.4 Å². The van der Waals surface area contributed by atoms with Crippen molar-refractivity contribution in [2.75, 3.05) is 5.32 Å². The van der Waals surface area contributed by atoms with E-state index in [4.69, 9.17) is 23.2 Å². The Hall–Kier alpha value is -2.60. The van der Waals surface area contributed by atoms with E-state index in [9.17, 15) is 14.7 Å². The summed E-state index contributed by atoms with van der Waals surface area (Å²) in [4.78, 5) is 24.9. The van der Waals surface area contributed by atoms with Crippen molar-refractivity contribution in [1.82, 2.24) is 5.32 Å². The molecule has 1 aliphatic heterocycles. The molecular weight excluding hydrogens is 507 g/mol. The van der Waals surface area contributed by atoms with Gasteiger partial charge in [-0.15, -0.1) is 0 Å². The normalized spacial score (nSPS) is 24.1. The van der Waals surface area contributed by atoms with Crippen molar-refractivity contribution < 1.29 is 14.7 Å². The Labute approximate surface area is 228 Å². The van der Waals surface area contributed by atoms with Gasteiger partial charge in [0, 0.05) is 27.7 Å². The highest BCUT2D eigenvalue weighted by molar-refractivity contribution is 6.30. The number of hydrogen-bond donors (Lipinski definition) is 3. The van der Waals surface area contributed by atoms with Gasteiger partial charge in [-0.1, -0.05) is 67.8 Å². The van der Waals surface area contributed by atoms with Crippen LogP contribution in [0.1, 0.15) is 68.3 Å². The molecule has 4 atom stereocenters. The minimum Gasteiger partial charge on any atom is -0.478 e. The van der Waals surface area contributed by atoms with E-state index >= 15 is 0 Å². The van der Waals surface area contributed by atoms with Gasteiger partial charge >= 0.3 is 5.97 Å². The highest BCUT2D eigenvalue weighted by Crippen LogP contribution is 2.43. The van der Waals surface area contributed by atoms with E-state index in [0.717, 1.165) is 36.3 Å². The molecule has 0 radical (unpaired) electrons. The largest absolute Gasteiger partial charge is 0.478 e. The number of carboxylic acids is 1. The highest BCUT2D eigenvalue weighted by Gasteiger charge is 2.43. The summed E-state index contributed by atoms with van der Waals surface area (Å²) in [6, 6.07) is 13.6. The zero-order valence-electron chi connectivity index (χ0n) is 21.4. The molecule has 2 aromatic carbocycles. The predicted molar refractivity (Wildman–Crippen MR) is 150 cm³/mol. The summed E-state index contributed by atoms with van der Waals surface area (Å²) in [5.74, 6) is -0.994. The summed E-state index contributed by atoms with van der Waals surface area (Å²) in [5, 5.41) is 17.5. The zero-order chi connectivity index (χ0) is 26.7. The fourth-order valence-corrected chi connectivity index (χ4v) is 5.84. The van der Waals surface area contributed by atoms with Crippen LogP contribution in [0.3, 0.4) is 0 Å². The molecule has 1 amide bonds. The lowest BCUT2D eigenvalue weighted by Crippen LogP contribution is -2.57. The van der Waals surface area contributed by atoms with E-state index in [-0.39, 0.29) is 34.8 Å². The second kappa shape index (κ2) is 11.4. The summed E-state index contributed by atoms with van der Waals surface area (Å²) in [6.45, 7) is 6.67. The number of allylic oxidation sites excluding steroid dienone is 3. The average molecular weight is 542 g/mol. The molecule has 0 saturated carbocycles. The predicted octanol–water partition coefficient (Wildman–Crippen LogP) is 7.39. The number of piperidine rings is 1. The van der Waals surface area contributed by atoms with Crippen LogP contribution in [0.25, 0.3) is 0 Å². The second-order valence-corrected chi connectivity index (χ2v) is 12.2. The maximum Gasteiger partial charge on any atom is 0.335 e. The summed E-state index contributed by atoms with van der Waals surface area (Å²) in [7, 11) is 0. The number of anilines is 1. The third-order valence-corrected chi connectivity index (χ3v) is 7.74. The Balaban J connectivity index is 1.68. The Morgan fingerprint density at radius 3 is 2.35 bits per heavy atom. The van der Waals surface area contributed by atoms with E-state index in [1.54, 1.807) is 12.1 Å². The van der Waals surface area contributed by atoms with Crippen LogP contribution < -0.4 is 10.6 Å². The first-order valence-electron chi connectivity index (χ1n) is 12.7. The Morgan fingerprint density at radius 2 is 1.76 bits per heavy atom. The molecule has 196 valence electrons. The summed E-state index contributed by atoms with van der Waals surface area (Å²) in [5.41, 5.74) is 3.18. The summed E-state index contributed by atoms with van der Waals surface area (Å²) in [6.07, 6.45) is 7.63. The van der Waals surface area contributed by atoms with Crippen molar-refractivity contribution in [2.24, 2.45) is 11.3 Å². The van der Waals surface area contributed by atoms with Crippen LogP contribution in [0.4, 0.5) is 5.69 Å². The topological polar surface area (TPSA) is 78.4 Å². The number of carboxylic acid groups (broad SMARTS) is 1. The third-order valence-electron chi connectivity index (χ3n) is 7.19. The molecule has 1 aliphatic carbocycles. The fourth-order valence-electron chi connectivity index (χ4n) is 5.48. The third kappa shape index (κ3) is 7.04. The van der Waals surface area contributed by atoms with Gasteiger partial charge in [-0.3, -0.25) is 4.79 Å².